The van der Waals surface area contributed by atoms with E-state index in [-0.39, 0.29) is 23.7 Å². The lowest BCUT2D eigenvalue weighted by Gasteiger charge is -1.89. The van der Waals surface area contributed by atoms with Gasteiger partial charge in [-0.1, -0.05) is 0 Å². The zero-order chi connectivity index (χ0) is 17.4. The molecular formula is C16H14Br2O4S2. The van der Waals surface area contributed by atoms with Gasteiger partial charge in [-0.3, -0.25) is 9.59 Å². The highest BCUT2D eigenvalue weighted by molar-refractivity contribution is 9.11. The van der Waals surface area contributed by atoms with Gasteiger partial charge in [-0.05, 0) is 90.6 Å². The molecule has 2 saturated carbocycles. The summed E-state index contributed by atoms with van der Waals surface area (Å²) in [5, 5.41) is 21.4. The summed E-state index contributed by atoms with van der Waals surface area (Å²) < 4.78 is 2.15. The van der Waals surface area contributed by atoms with Gasteiger partial charge in [0.1, 0.15) is 0 Å². The predicted octanol–water partition coefficient (Wildman–Crippen LogP) is 5.40. The normalized spacial score (nSPS) is 27.1. The lowest BCUT2D eigenvalue weighted by atomic mass is 10.2. The van der Waals surface area contributed by atoms with Crippen molar-refractivity contribution in [3.63, 3.8) is 0 Å². The lowest BCUT2D eigenvalue weighted by Crippen LogP contribution is -1.98. The van der Waals surface area contributed by atoms with Crippen molar-refractivity contribution >= 4 is 66.5 Å². The minimum Gasteiger partial charge on any atom is -0.481 e. The van der Waals surface area contributed by atoms with Crippen molar-refractivity contribution in [3.8, 4) is 0 Å². The molecule has 24 heavy (non-hydrogen) atoms. The number of halogens is 2. The van der Waals surface area contributed by atoms with Crippen LogP contribution in [-0.2, 0) is 9.59 Å². The Morgan fingerprint density at radius 2 is 1.25 bits per heavy atom. The van der Waals surface area contributed by atoms with Crippen molar-refractivity contribution in [1.82, 2.24) is 0 Å². The van der Waals surface area contributed by atoms with Gasteiger partial charge in [0.15, 0.2) is 0 Å². The lowest BCUT2D eigenvalue weighted by molar-refractivity contribution is -0.139. The van der Waals surface area contributed by atoms with Crippen LogP contribution in [-0.4, -0.2) is 22.2 Å². The molecule has 8 heteroatoms. The Morgan fingerprint density at radius 3 is 1.46 bits per heavy atom. The molecule has 2 N–H and O–H groups in total. The monoisotopic (exact) mass is 492 g/mol. The van der Waals surface area contributed by atoms with Gasteiger partial charge in [-0.2, -0.15) is 0 Å². The summed E-state index contributed by atoms with van der Waals surface area (Å²) in [6.45, 7) is 0. The van der Waals surface area contributed by atoms with Gasteiger partial charge in [0.2, 0.25) is 0 Å². The van der Waals surface area contributed by atoms with Crippen molar-refractivity contribution in [2.45, 2.75) is 24.7 Å². The summed E-state index contributed by atoms with van der Waals surface area (Å²) in [5.41, 5.74) is 2.33. The smallest absolute Gasteiger partial charge is 0.307 e. The van der Waals surface area contributed by atoms with Gasteiger partial charge in [0.05, 0.1) is 19.4 Å². The van der Waals surface area contributed by atoms with Crippen LogP contribution < -0.4 is 0 Å². The van der Waals surface area contributed by atoms with Gasteiger partial charge in [0.25, 0.3) is 0 Å². The van der Waals surface area contributed by atoms with Gasteiger partial charge in [0, 0.05) is 0 Å². The molecule has 0 spiro atoms. The minimum absolute atomic E-state index is 0.133. The highest BCUT2D eigenvalue weighted by Crippen LogP contribution is 2.49. The summed E-state index contributed by atoms with van der Waals surface area (Å²) in [6, 6.07) is 4.02. The van der Waals surface area contributed by atoms with Crippen molar-refractivity contribution in [2.75, 3.05) is 0 Å². The van der Waals surface area contributed by atoms with E-state index in [2.05, 4.69) is 31.9 Å². The van der Waals surface area contributed by atoms with E-state index in [0.717, 1.165) is 20.4 Å². The van der Waals surface area contributed by atoms with Crippen molar-refractivity contribution in [2.24, 2.45) is 11.8 Å². The number of carboxylic acids is 2. The van der Waals surface area contributed by atoms with E-state index in [4.69, 9.17) is 10.2 Å². The summed E-state index contributed by atoms with van der Waals surface area (Å²) in [6.07, 6.45) is 1.61. The van der Waals surface area contributed by atoms with E-state index >= 15 is 0 Å². The quantitative estimate of drug-likeness (QED) is 0.598. The molecule has 4 atom stereocenters. The first-order chi connectivity index (χ1) is 11.4. The van der Waals surface area contributed by atoms with Crippen molar-refractivity contribution in [3.05, 3.63) is 41.6 Å². The highest BCUT2D eigenvalue weighted by Gasteiger charge is 2.45. The van der Waals surface area contributed by atoms with Crippen LogP contribution in [0, 0.1) is 11.8 Å². The Morgan fingerprint density at radius 1 is 0.875 bits per heavy atom. The van der Waals surface area contributed by atoms with Crippen LogP contribution in [0.5, 0.6) is 0 Å². The standard InChI is InChI=1S/2C8H7BrO2S/c2*9-7-1-4(3-12-7)5-2-6(5)8(10)11/h2*1,3,5-6H,2H2,(H,10,11)/t2*5-,6+/m00/s1. The summed E-state index contributed by atoms with van der Waals surface area (Å²) in [7, 11) is 0. The molecule has 4 nitrogen and oxygen atoms in total. The fraction of sp³-hybridized carbons (Fsp3) is 0.375. The second-order valence-electron chi connectivity index (χ2n) is 5.94. The van der Waals surface area contributed by atoms with E-state index < -0.39 is 11.9 Å². The average Bonchev–Trinajstić information content (AvgIpc) is 3.41. The Kier molecular flexibility index (Phi) is 5.48. The largest absolute Gasteiger partial charge is 0.481 e. The molecule has 2 heterocycles. The van der Waals surface area contributed by atoms with Crippen LogP contribution in [0.3, 0.4) is 0 Å². The number of aliphatic carboxylic acids is 2. The van der Waals surface area contributed by atoms with Crippen LogP contribution in [0.1, 0.15) is 35.8 Å². The SMILES string of the molecule is O=C(O)[C@@H]1C[C@H]1c1csc(Br)c1.O=C(O)[C@@H]1C[C@H]1c1csc(Br)c1. The molecule has 0 saturated heterocycles. The molecule has 0 aromatic carbocycles. The first-order valence-corrected chi connectivity index (χ1v) is 10.6. The summed E-state index contributed by atoms with van der Waals surface area (Å²) in [5.74, 6) is -1.06. The second-order valence-corrected chi connectivity index (χ2v) is 10.5. The highest BCUT2D eigenvalue weighted by atomic mass is 79.9. The topological polar surface area (TPSA) is 74.6 Å². The molecule has 2 aliphatic rings. The fourth-order valence-corrected chi connectivity index (χ4v) is 5.19. The maximum atomic E-state index is 10.5. The number of carbonyl (C=O) groups is 2. The van der Waals surface area contributed by atoms with Crippen LogP contribution in [0.4, 0.5) is 0 Å². The Hall–Kier alpha value is -0.700. The maximum Gasteiger partial charge on any atom is 0.307 e. The summed E-state index contributed by atoms with van der Waals surface area (Å²) >= 11 is 9.93. The molecule has 0 aliphatic heterocycles. The molecule has 2 aromatic heterocycles. The molecule has 2 fully saturated rings. The molecule has 0 amide bonds. The zero-order valence-corrected chi connectivity index (χ0v) is 17.1. The number of thiophene rings is 2. The third-order valence-corrected chi connectivity index (χ3v) is 7.29. The minimum atomic E-state index is -0.665. The first-order valence-electron chi connectivity index (χ1n) is 7.30. The number of rotatable bonds is 4. The number of hydrogen-bond donors (Lipinski definition) is 2. The maximum absolute atomic E-state index is 10.5. The van der Waals surface area contributed by atoms with Gasteiger partial charge < -0.3 is 10.2 Å². The Balaban J connectivity index is 0.000000141. The van der Waals surface area contributed by atoms with Gasteiger partial charge >= 0.3 is 11.9 Å². The molecule has 2 aromatic rings. The third-order valence-electron chi connectivity index (χ3n) is 4.25. The van der Waals surface area contributed by atoms with Gasteiger partial charge in [-0.25, -0.2) is 0 Å². The third kappa shape index (κ3) is 4.28. The first kappa shape index (κ1) is 18.1. The van der Waals surface area contributed by atoms with E-state index in [9.17, 15) is 9.59 Å². The van der Waals surface area contributed by atoms with Crippen LogP contribution in [0.15, 0.2) is 30.5 Å². The van der Waals surface area contributed by atoms with E-state index in [1.54, 1.807) is 22.7 Å². The predicted molar refractivity (Wildman–Crippen MR) is 101 cm³/mol. The van der Waals surface area contributed by atoms with E-state index in [1.807, 2.05) is 22.9 Å². The molecule has 0 bridgehead atoms. The molecule has 0 radical (unpaired) electrons. The molecule has 4 rings (SSSR count). The number of hydrogen-bond acceptors (Lipinski definition) is 4. The molecule has 128 valence electrons. The second kappa shape index (κ2) is 7.27. The van der Waals surface area contributed by atoms with Crippen LogP contribution in [0.2, 0.25) is 0 Å². The van der Waals surface area contributed by atoms with E-state index in [1.165, 1.54) is 11.1 Å². The van der Waals surface area contributed by atoms with E-state index in [0.29, 0.717) is 0 Å². The molecule has 2 aliphatic carbocycles. The van der Waals surface area contributed by atoms with Crippen molar-refractivity contribution < 1.29 is 19.8 Å². The fourth-order valence-electron chi connectivity index (χ4n) is 2.71. The molecular weight excluding hydrogens is 480 g/mol. The zero-order valence-electron chi connectivity index (χ0n) is 12.3. The van der Waals surface area contributed by atoms with Crippen LogP contribution in [0.25, 0.3) is 0 Å². The molecule has 0 unspecified atom stereocenters. The summed E-state index contributed by atoms with van der Waals surface area (Å²) in [4.78, 5) is 21.1. The number of carboxylic acid groups (broad SMARTS) is 2. The van der Waals surface area contributed by atoms with Gasteiger partial charge in [-0.15, -0.1) is 22.7 Å². The van der Waals surface area contributed by atoms with Crippen LogP contribution >= 0.6 is 54.5 Å². The Labute approximate surface area is 163 Å². The Bertz CT molecular complexity index is 705. The average molecular weight is 494 g/mol. The van der Waals surface area contributed by atoms with Crippen molar-refractivity contribution in [1.29, 1.82) is 0 Å².